The van der Waals surface area contributed by atoms with Gasteiger partial charge in [0.15, 0.2) is 14.8 Å². The highest BCUT2D eigenvalue weighted by Gasteiger charge is 2.19. The molecule has 0 spiro atoms. The van der Waals surface area contributed by atoms with Crippen molar-refractivity contribution in [3.63, 3.8) is 0 Å². The number of benzene rings is 2. The van der Waals surface area contributed by atoms with Gasteiger partial charge in [-0.1, -0.05) is 41.3 Å². The van der Waals surface area contributed by atoms with Gasteiger partial charge in [-0.25, -0.2) is 9.37 Å². The Balaban J connectivity index is 2.06. The van der Waals surface area contributed by atoms with Gasteiger partial charge in [-0.15, -0.1) is 0 Å². The van der Waals surface area contributed by atoms with Crippen LogP contribution in [-0.2, 0) is 0 Å². The van der Waals surface area contributed by atoms with Crippen molar-refractivity contribution in [1.82, 2.24) is 14.1 Å². The van der Waals surface area contributed by atoms with Crippen LogP contribution < -0.4 is 5.56 Å². The summed E-state index contributed by atoms with van der Waals surface area (Å²) in [6.07, 6.45) is 0. The summed E-state index contributed by atoms with van der Waals surface area (Å²) in [4.78, 5) is 18.1. The number of nitriles is 1. The molecule has 0 radical (unpaired) electrons. The number of thiazole rings is 1. The third-order valence-corrected chi connectivity index (χ3v) is 6.44. The lowest BCUT2D eigenvalue weighted by atomic mass is 10.2. The number of hydrogen-bond donors (Lipinski definition) is 0. The molecule has 0 aliphatic rings. The Morgan fingerprint density at radius 1 is 1.21 bits per heavy atom. The number of thioether (sulfide) groups is 1. The van der Waals surface area contributed by atoms with Gasteiger partial charge < -0.3 is 0 Å². The Kier molecular flexibility index (Phi) is 5.32. The van der Waals surface area contributed by atoms with Gasteiger partial charge in [-0.2, -0.15) is 5.26 Å². The number of hydrogen-bond acceptors (Lipinski definition) is 6. The highest BCUT2D eigenvalue weighted by Crippen LogP contribution is 2.28. The summed E-state index contributed by atoms with van der Waals surface area (Å²) in [6, 6.07) is 15.4. The van der Waals surface area contributed by atoms with Crippen LogP contribution in [0.4, 0.5) is 4.39 Å². The topological polar surface area (TPSA) is 63.6 Å². The van der Waals surface area contributed by atoms with Crippen LogP contribution in [0.3, 0.4) is 0 Å². The predicted octanol–water partition coefficient (Wildman–Crippen LogP) is 5.03. The van der Waals surface area contributed by atoms with Crippen LogP contribution in [0.25, 0.3) is 21.7 Å². The van der Waals surface area contributed by atoms with Gasteiger partial charge in [-0.05, 0) is 55.0 Å². The summed E-state index contributed by atoms with van der Waals surface area (Å²) >= 11 is 7.88. The van der Waals surface area contributed by atoms with Gasteiger partial charge in [0.05, 0.1) is 23.2 Å². The number of fused-ring (bicyclic) bond motifs is 1. The van der Waals surface area contributed by atoms with Crippen LogP contribution >= 0.6 is 35.3 Å². The minimum atomic E-state index is -0.400. The second-order valence-electron chi connectivity index (χ2n) is 6.10. The molecule has 0 unspecified atom stereocenters. The van der Waals surface area contributed by atoms with Crippen molar-refractivity contribution < 1.29 is 4.39 Å². The number of halogens is 1. The highest BCUT2D eigenvalue weighted by molar-refractivity contribution is 7.99. The molecule has 4 aromatic rings. The van der Waals surface area contributed by atoms with E-state index in [-0.39, 0.29) is 11.3 Å². The van der Waals surface area contributed by atoms with Crippen LogP contribution in [0, 0.1) is 28.0 Å². The Morgan fingerprint density at radius 2 is 1.93 bits per heavy atom. The van der Waals surface area contributed by atoms with Crippen molar-refractivity contribution >= 4 is 45.7 Å². The maximum atomic E-state index is 13.4. The van der Waals surface area contributed by atoms with Gasteiger partial charge in [0.2, 0.25) is 0 Å². The van der Waals surface area contributed by atoms with Gasteiger partial charge in [0.25, 0.3) is 5.56 Å². The molecule has 9 heteroatoms. The average Bonchev–Trinajstić information content (AvgIpc) is 3.04. The zero-order valence-electron chi connectivity index (χ0n) is 15.1. The van der Waals surface area contributed by atoms with Crippen molar-refractivity contribution in [3.8, 4) is 17.4 Å². The first-order valence-corrected chi connectivity index (χ1v) is 10.7. The molecule has 0 aliphatic heterocycles. The van der Waals surface area contributed by atoms with E-state index < -0.39 is 5.82 Å². The first-order valence-electron chi connectivity index (χ1n) is 8.51. The van der Waals surface area contributed by atoms with E-state index in [9.17, 15) is 9.18 Å². The third-order valence-electron chi connectivity index (χ3n) is 4.28. The number of rotatable bonds is 4. The predicted molar refractivity (Wildman–Crippen MR) is 116 cm³/mol. The van der Waals surface area contributed by atoms with E-state index in [2.05, 4.69) is 6.07 Å². The monoisotopic (exact) mass is 440 g/mol. The van der Waals surface area contributed by atoms with E-state index in [0.717, 1.165) is 23.0 Å². The lowest BCUT2D eigenvalue weighted by Crippen LogP contribution is -2.21. The zero-order valence-corrected chi connectivity index (χ0v) is 17.6. The van der Waals surface area contributed by atoms with Crippen molar-refractivity contribution in [2.24, 2.45) is 0 Å². The maximum Gasteiger partial charge on any atom is 0.278 e. The average molecular weight is 441 g/mol. The fourth-order valence-electron chi connectivity index (χ4n) is 2.97. The second-order valence-corrected chi connectivity index (χ2v) is 8.69. The summed E-state index contributed by atoms with van der Waals surface area (Å²) in [7, 11) is 0. The fraction of sp³-hybridized carbons (Fsp3) is 0.100. The summed E-state index contributed by atoms with van der Waals surface area (Å²) in [5.41, 5.74) is 2.49. The second kappa shape index (κ2) is 7.91. The van der Waals surface area contributed by atoms with E-state index in [4.69, 9.17) is 22.5 Å². The zero-order chi connectivity index (χ0) is 20.5. The molecule has 0 saturated carbocycles. The summed E-state index contributed by atoms with van der Waals surface area (Å²) < 4.78 is 17.5. The molecular formula is C20H13FN4OS3. The Hall–Kier alpha value is -2.80. The minimum Gasteiger partial charge on any atom is -0.275 e. The first-order chi connectivity index (χ1) is 14.0. The van der Waals surface area contributed by atoms with Crippen molar-refractivity contribution in [3.05, 3.63) is 74.2 Å². The summed E-state index contributed by atoms with van der Waals surface area (Å²) in [5.74, 6) is -0.280. The van der Waals surface area contributed by atoms with Crippen LogP contribution in [0.15, 0.2) is 58.5 Å². The minimum absolute atomic E-state index is 0.119. The smallest absolute Gasteiger partial charge is 0.275 e. The van der Waals surface area contributed by atoms with Gasteiger partial charge in [0.1, 0.15) is 10.5 Å². The van der Waals surface area contributed by atoms with Gasteiger partial charge >= 0.3 is 0 Å². The van der Waals surface area contributed by atoms with E-state index in [1.165, 1.54) is 40.2 Å². The van der Waals surface area contributed by atoms with Gasteiger partial charge in [0, 0.05) is 0 Å². The Labute approximate surface area is 178 Å². The molecule has 0 saturated heterocycles. The van der Waals surface area contributed by atoms with Crippen LogP contribution in [0.1, 0.15) is 5.56 Å². The molecule has 2 aromatic heterocycles. The molecular weight excluding hydrogens is 427 g/mol. The van der Waals surface area contributed by atoms with Crippen LogP contribution in [-0.4, -0.2) is 19.9 Å². The first kappa shape index (κ1) is 19.5. The maximum absolute atomic E-state index is 13.4. The molecule has 0 amide bonds. The molecule has 144 valence electrons. The molecule has 0 bridgehead atoms. The molecule has 4 rings (SSSR count). The van der Waals surface area contributed by atoms with E-state index >= 15 is 0 Å². The van der Waals surface area contributed by atoms with Crippen molar-refractivity contribution in [2.75, 3.05) is 5.75 Å². The number of aryl methyl sites for hydroxylation is 1. The molecule has 5 nitrogen and oxygen atoms in total. The molecule has 0 fully saturated rings. The third kappa shape index (κ3) is 3.51. The van der Waals surface area contributed by atoms with Crippen LogP contribution in [0.5, 0.6) is 0 Å². The summed E-state index contributed by atoms with van der Waals surface area (Å²) in [6.45, 7) is 1.96. The fourth-order valence-corrected chi connectivity index (χ4v) is 4.93. The molecule has 0 aliphatic carbocycles. The number of aromatic nitrogens is 3. The lowest BCUT2D eigenvalue weighted by Gasteiger charge is -2.12. The molecule has 2 heterocycles. The molecule has 0 N–H and O–H groups in total. The van der Waals surface area contributed by atoms with Crippen LogP contribution in [0.2, 0.25) is 0 Å². The summed E-state index contributed by atoms with van der Waals surface area (Å²) in [5, 5.41) is 9.38. The van der Waals surface area contributed by atoms with E-state index in [1.54, 1.807) is 4.57 Å². The van der Waals surface area contributed by atoms with Crippen molar-refractivity contribution in [1.29, 1.82) is 5.26 Å². The van der Waals surface area contributed by atoms with Crippen molar-refractivity contribution in [2.45, 2.75) is 12.1 Å². The number of nitrogens with zero attached hydrogens (tertiary/aromatic N) is 4. The SMILES string of the molecule is Cc1ccccc1-n1c(=S)sc2c(=O)n(-c3ccc(F)cc3)c(SCC#N)nc21. The largest absolute Gasteiger partial charge is 0.278 e. The Bertz CT molecular complexity index is 1380. The normalized spacial score (nSPS) is 10.9. The van der Waals surface area contributed by atoms with Gasteiger partial charge in [-0.3, -0.25) is 13.9 Å². The number of para-hydroxylation sites is 1. The molecule has 29 heavy (non-hydrogen) atoms. The standard InChI is InChI=1S/C20H13FN4OS3/c1-12-4-2-3-5-15(12)25-17-16(29-20(25)27)18(26)24(19(23-17)28-11-10-22)14-8-6-13(21)7-9-14/h2-9H,11H2,1H3. The molecule has 2 aromatic carbocycles. The Morgan fingerprint density at radius 3 is 2.62 bits per heavy atom. The van der Waals surface area contributed by atoms with E-state index in [0.29, 0.717) is 25.1 Å². The highest BCUT2D eigenvalue weighted by atomic mass is 32.2. The lowest BCUT2D eigenvalue weighted by molar-refractivity contribution is 0.627. The van der Waals surface area contributed by atoms with E-state index in [1.807, 2.05) is 31.2 Å². The molecule has 0 atom stereocenters. The quantitative estimate of drug-likeness (QED) is 0.253.